The van der Waals surface area contributed by atoms with Gasteiger partial charge in [0.15, 0.2) is 0 Å². The monoisotopic (exact) mass is 1160 g/mol. The summed E-state index contributed by atoms with van der Waals surface area (Å²) in [6, 6.07) is 0.674. The Labute approximate surface area is 464 Å². The standard InChI is InChI=1S/C49H49N13O9S6/c1-9-25(38(65)50-13-21(5)63)52-39(66)29-16-74-47(57-29)33-19-75-46(59-33)27-12-11-24-37(51-27)28-14-76-49(54-28)36(23(7)71-8)62-42(69)32-18-77-48(58-32)34(20(3)4)60-40(67)31-17-73-45(56-31)26(10-2)53-43(70)35(22(6)64)61-41(68)30-15-72-44(24)55-30/h9-12,14-20,22-23,34-36,64H,13H2,1-8H3,(H,50,65)(H,52,66)(H,53,70)(H,60,67)(H,61,68)(H,62,69)/t22-,23-,34+,35+,36+/m1/s1. The highest BCUT2D eigenvalue weighted by atomic mass is 32.1. The zero-order valence-electron chi connectivity index (χ0n) is 42.2. The number of Topliss-reactive ketones (excluding diaryl/α,β-unsaturated/α-hetero) is 1. The summed E-state index contributed by atoms with van der Waals surface area (Å²) in [6.45, 7) is 11.3. The average Bonchev–Trinajstić information content (AvgIpc) is 4.28. The summed E-state index contributed by atoms with van der Waals surface area (Å²) in [5.41, 5.74) is 2.47. The molecule has 5 atom stereocenters. The van der Waals surface area contributed by atoms with E-state index in [9.17, 15) is 38.7 Å². The predicted octanol–water partition coefficient (Wildman–Crippen LogP) is 6.43. The maximum absolute atomic E-state index is 14.1. The van der Waals surface area contributed by atoms with E-state index in [0.717, 1.165) is 22.7 Å². The van der Waals surface area contributed by atoms with Crippen LogP contribution in [0, 0.1) is 5.92 Å². The SMILES string of the molecule is CC=C(NC(=O)c1csc(-c2csc(-c3ccc4c(n3)-c3csc(n3)[C@H]([C@@H](C)OC)NC(=O)c3csc(n3)[C@H](C(C)C)NC(=O)c3csc(n3)C(=CC)NC(=O)[C@H]([C@@H](C)O)NC(=O)c3csc-4n3)n2)n1)C(=O)NCC(C)=O. The molecule has 0 fully saturated rings. The summed E-state index contributed by atoms with van der Waals surface area (Å²) in [4.78, 5) is 126. The van der Waals surface area contributed by atoms with Crippen LogP contribution in [0.25, 0.3) is 49.1 Å². The molecule has 0 aromatic carbocycles. The Morgan fingerprint density at radius 3 is 1.86 bits per heavy atom. The van der Waals surface area contributed by atoms with Crippen LogP contribution in [-0.4, -0.2) is 113 Å². The number of aliphatic hydroxyl groups excluding tert-OH is 1. The van der Waals surface area contributed by atoms with Crippen LogP contribution in [0.15, 0.2) is 62.3 Å². The molecule has 7 aromatic heterocycles. The van der Waals surface area contributed by atoms with Crippen LogP contribution >= 0.6 is 68.0 Å². The third-order valence-corrected chi connectivity index (χ3v) is 16.9. The zero-order chi connectivity index (χ0) is 55.2. The number of ether oxygens (including phenoxy) is 1. The first-order chi connectivity index (χ1) is 36.8. The van der Waals surface area contributed by atoms with Crippen molar-refractivity contribution < 1.29 is 43.4 Å². The van der Waals surface area contributed by atoms with Gasteiger partial charge in [-0.2, -0.15) is 0 Å². The quantitative estimate of drug-likeness (QED) is 0.0686. The van der Waals surface area contributed by atoms with Gasteiger partial charge in [0, 0.05) is 45.0 Å². The van der Waals surface area contributed by atoms with E-state index in [2.05, 4.69) is 51.8 Å². The van der Waals surface area contributed by atoms with Gasteiger partial charge in [0.25, 0.3) is 29.5 Å². The summed E-state index contributed by atoms with van der Waals surface area (Å²) >= 11 is 7.14. The number of ketones is 1. The molecule has 8 heterocycles. The first-order valence-corrected chi connectivity index (χ1v) is 28.8. The van der Waals surface area contributed by atoms with Crippen molar-refractivity contribution in [1.82, 2.24) is 66.8 Å². The molecule has 28 heteroatoms. The lowest BCUT2D eigenvalue weighted by molar-refractivity contribution is -0.124. The molecule has 0 spiro atoms. The molecule has 0 saturated carbocycles. The Hall–Kier alpha value is -7.18. The second-order valence-corrected chi connectivity index (χ2v) is 22.6. The maximum atomic E-state index is 14.1. The number of nitrogens with zero attached hydrogens (tertiary/aromatic N) is 7. The highest BCUT2D eigenvalue weighted by Crippen LogP contribution is 2.38. The molecule has 77 heavy (non-hydrogen) atoms. The van der Waals surface area contributed by atoms with Crippen molar-refractivity contribution in [1.29, 1.82) is 0 Å². The second-order valence-electron chi connectivity index (χ2n) is 17.4. The number of allylic oxidation sites excluding steroid dienone is 2. The molecule has 7 N–H and O–H groups in total. The Balaban J connectivity index is 1.16. The normalized spacial score (nSPS) is 17.9. The number of thiazole rings is 6. The van der Waals surface area contributed by atoms with Crippen molar-refractivity contribution in [3.8, 4) is 43.4 Å². The third-order valence-electron chi connectivity index (χ3n) is 11.5. The third kappa shape index (κ3) is 12.8. The Morgan fingerprint density at radius 1 is 0.662 bits per heavy atom. The van der Waals surface area contributed by atoms with Gasteiger partial charge in [0.05, 0.1) is 36.2 Å². The van der Waals surface area contributed by atoms with Crippen molar-refractivity contribution in [2.24, 2.45) is 5.92 Å². The van der Waals surface area contributed by atoms with E-state index in [1.807, 2.05) is 13.8 Å². The summed E-state index contributed by atoms with van der Waals surface area (Å²) in [5.74, 6) is -4.17. The molecule has 0 radical (unpaired) electrons. The predicted molar refractivity (Wildman–Crippen MR) is 294 cm³/mol. The number of aromatic nitrogens is 7. The van der Waals surface area contributed by atoms with Crippen LogP contribution < -0.4 is 31.9 Å². The number of hydrogen-bond donors (Lipinski definition) is 7. The smallest absolute Gasteiger partial charge is 0.275 e. The van der Waals surface area contributed by atoms with Gasteiger partial charge in [0.1, 0.15) is 93.5 Å². The van der Waals surface area contributed by atoms with Gasteiger partial charge in [-0.3, -0.25) is 33.6 Å². The molecular weight excluding hydrogens is 1110 g/mol. The molecular formula is C49H49N13O9S6. The van der Waals surface area contributed by atoms with Gasteiger partial charge < -0.3 is 41.7 Å². The van der Waals surface area contributed by atoms with Crippen LogP contribution in [0.5, 0.6) is 0 Å². The molecule has 0 saturated heterocycles. The molecule has 1 aliphatic rings. The van der Waals surface area contributed by atoms with Crippen LogP contribution in [0.3, 0.4) is 0 Å². The maximum Gasteiger partial charge on any atom is 0.275 e. The summed E-state index contributed by atoms with van der Waals surface area (Å²) < 4.78 is 5.77. The van der Waals surface area contributed by atoms with Gasteiger partial charge in [0.2, 0.25) is 5.91 Å². The number of nitrogens with one attached hydrogen (secondary N) is 6. The topological polar surface area (TPSA) is 311 Å². The van der Waals surface area contributed by atoms with Crippen molar-refractivity contribution in [2.45, 2.75) is 78.8 Å². The zero-order valence-corrected chi connectivity index (χ0v) is 47.1. The van der Waals surface area contributed by atoms with Crippen molar-refractivity contribution in [2.75, 3.05) is 13.7 Å². The molecule has 400 valence electrons. The molecule has 8 bridgehead atoms. The number of pyridine rings is 1. The van der Waals surface area contributed by atoms with Crippen LogP contribution in [0.1, 0.15) is 118 Å². The summed E-state index contributed by atoms with van der Waals surface area (Å²) in [5, 5.41) is 39.4. The van der Waals surface area contributed by atoms with E-state index in [1.165, 1.54) is 83.1 Å². The lowest BCUT2D eigenvalue weighted by Gasteiger charge is -2.22. The van der Waals surface area contributed by atoms with Crippen LogP contribution in [0.2, 0.25) is 0 Å². The minimum absolute atomic E-state index is 0.0415. The van der Waals surface area contributed by atoms with Crippen molar-refractivity contribution in [3.05, 3.63) is 100 Å². The largest absolute Gasteiger partial charge is 0.391 e. The Kier molecular flexibility index (Phi) is 17.8. The lowest BCUT2D eigenvalue weighted by Crippen LogP contribution is -2.52. The number of carbonyl (C=O) groups excluding carboxylic acids is 7. The summed E-state index contributed by atoms with van der Waals surface area (Å²) in [6.07, 6.45) is 1.06. The molecule has 0 aliphatic carbocycles. The van der Waals surface area contributed by atoms with E-state index >= 15 is 0 Å². The fourth-order valence-corrected chi connectivity index (χ4v) is 12.5. The highest BCUT2D eigenvalue weighted by Gasteiger charge is 2.32. The number of rotatable bonds is 11. The van der Waals surface area contributed by atoms with Gasteiger partial charge >= 0.3 is 0 Å². The summed E-state index contributed by atoms with van der Waals surface area (Å²) in [7, 11) is 1.52. The van der Waals surface area contributed by atoms with E-state index in [1.54, 1.807) is 60.5 Å². The molecule has 22 nitrogen and oxygen atoms in total. The van der Waals surface area contributed by atoms with Gasteiger partial charge in [-0.15, -0.1) is 68.0 Å². The van der Waals surface area contributed by atoms with E-state index in [-0.39, 0.29) is 52.4 Å². The van der Waals surface area contributed by atoms with E-state index in [4.69, 9.17) is 19.7 Å². The van der Waals surface area contributed by atoms with Gasteiger partial charge in [-0.25, -0.2) is 34.9 Å². The number of amides is 6. The highest BCUT2D eigenvalue weighted by molar-refractivity contribution is 7.15. The second kappa shape index (κ2) is 24.4. The average molecular weight is 1160 g/mol. The molecule has 1 aliphatic heterocycles. The molecule has 8 rings (SSSR count). The number of carbonyl (C=O) groups is 7. The lowest BCUT2D eigenvalue weighted by atomic mass is 10.1. The Morgan fingerprint density at radius 2 is 1.21 bits per heavy atom. The van der Waals surface area contributed by atoms with Crippen LogP contribution in [0.4, 0.5) is 0 Å². The minimum Gasteiger partial charge on any atom is -0.391 e. The number of fused-ring (bicyclic) bond motifs is 11. The van der Waals surface area contributed by atoms with E-state index < -0.39 is 65.8 Å². The molecule has 0 unspecified atom stereocenters. The molecule has 6 amide bonds. The van der Waals surface area contributed by atoms with Gasteiger partial charge in [-0.05, 0) is 52.7 Å². The van der Waals surface area contributed by atoms with E-state index in [0.29, 0.717) is 58.4 Å². The van der Waals surface area contributed by atoms with Gasteiger partial charge in [-0.1, -0.05) is 26.0 Å². The Bertz CT molecular complexity index is 3460. The fraction of sp³-hybridized carbons (Fsp3) is 0.306. The fourth-order valence-electron chi connectivity index (χ4n) is 7.30. The first-order valence-electron chi connectivity index (χ1n) is 23.5. The molecule has 7 aromatic rings. The van der Waals surface area contributed by atoms with Crippen LogP contribution in [-0.2, 0) is 19.1 Å². The van der Waals surface area contributed by atoms with Crippen molar-refractivity contribution >= 4 is 115 Å². The number of aliphatic hydroxyl groups is 1. The first kappa shape index (κ1) is 56.0. The minimum atomic E-state index is -1.44. The number of methoxy groups -OCH3 is 1. The number of hydrogen-bond acceptors (Lipinski definition) is 22. The van der Waals surface area contributed by atoms with Crippen molar-refractivity contribution in [3.63, 3.8) is 0 Å².